The Morgan fingerprint density at radius 1 is 1.56 bits per heavy atom. The predicted molar refractivity (Wildman–Crippen MR) is 38.8 cm³/mol. The second-order valence-electron chi connectivity index (χ2n) is 2.77. The molecule has 0 spiro atoms. The van der Waals surface area contributed by atoms with E-state index in [4.69, 9.17) is 5.26 Å². The van der Waals surface area contributed by atoms with Gasteiger partial charge in [0.05, 0.1) is 11.5 Å². The molecule has 0 saturated carbocycles. The van der Waals surface area contributed by atoms with E-state index in [-0.39, 0.29) is 5.41 Å². The van der Waals surface area contributed by atoms with Gasteiger partial charge in [0.2, 0.25) is 0 Å². The molecule has 0 aliphatic heterocycles. The molecule has 0 heterocycles. The lowest BCUT2D eigenvalue weighted by Crippen LogP contribution is -2.04. The molecule has 0 aromatic rings. The lowest BCUT2D eigenvalue weighted by Gasteiger charge is -2.10. The molecule has 0 atom stereocenters. The molecule has 9 heavy (non-hydrogen) atoms. The molecule has 0 aliphatic carbocycles. The Kier molecular flexibility index (Phi) is 3.01. The molecule has 1 nitrogen and oxygen atoms in total. The zero-order valence-corrected chi connectivity index (χ0v) is 6.31. The van der Waals surface area contributed by atoms with Crippen molar-refractivity contribution < 1.29 is 0 Å². The van der Waals surface area contributed by atoms with Crippen LogP contribution in [0.1, 0.15) is 27.2 Å². The van der Waals surface area contributed by atoms with Crippen LogP contribution in [-0.2, 0) is 0 Å². The Labute approximate surface area is 57.0 Å². The van der Waals surface area contributed by atoms with Crippen molar-refractivity contribution in [2.75, 3.05) is 0 Å². The molecule has 0 rings (SSSR count). The molecule has 0 aromatic heterocycles. The summed E-state index contributed by atoms with van der Waals surface area (Å²) in [6.07, 6.45) is 4.84. The summed E-state index contributed by atoms with van der Waals surface area (Å²) in [6.45, 7) is 5.84. The van der Waals surface area contributed by atoms with Gasteiger partial charge in [-0.3, -0.25) is 0 Å². The average molecular weight is 123 g/mol. The maximum absolute atomic E-state index is 8.54. The summed E-state index contributed by atoms with van der Waals surface area (Å²) in [5.74, 6) is 0. The second-order valence-corrected chi connectivity index (χ2v) is 2.77. The molecule has 0 N–H and O–H groups in total. The van der Waals surface area contributed by atoms with Crippen LogP contribution in [0.4, 0.5) is 0 Å². The number of allylic oxidation sites excluding steroid dienone is 2. The Hall–Kier alpha value is -0.770. The maximum atomic E-state index is 8.54. The first-order valence-corrected chi connectivity index (χ1v) is 3.15. The van der Waals surface area contributed by atoms with Crippen molar-refractivity contribution in [2.45, 2.75) is 27.2 Å². The molecule has 0 aliphatic rings. The van der Waals surface area contributed by atoms with Crippen LogP contribution in [-0.4, -0.2) is 0 Å². The molecule has 0 amide bonds. The molecule has 0 unspecified atom stereocenters. The lowest BCUT2D eigenvalue weighted by molar-refractivity contribution is 0.504. The number of hydrogen-bond acceptors (Lipinski definition) is 1. The highest BCUT2D eigenvalue weighted by molar-refractivity contribution is 4.97. The third-order valence-electron chi connectivity index (χ3n) is 1.17. The van der Waals surface area contributed by atoms with Crippen molar-refractivity contribution in [1.29, 1.82) is 5.26 Å². The number of hydrogen-bond donors (Lipinski definition) is 0. The summed E-state index contributed by atoms with van der Waals surface area (Å²) in [7, 11) is 0. The Morgan fingerprint density at radius 2 is 2.11 bits per heavy atom. The fourth-order valence-corrected chi connectivity index (χ4v) is 0.458. The fourth-order valence-electron chi connectivity index (χ4n) is 0.458. The van der Waals surface area contributed by atoms with E-state index >= 15 is 0 Å². The van der Waals surface area contributed by atoms with E-state index in [0.29, 0.717) is 0 Å². The van der Waals surface area contributed by atoms with Gasteiger partial charge in [-0.05, 0) is 27.2 Å². The van der Waals surface area contributed by atoms with Crippen LogP contribution in [0.15, 0.2) is 12.2 Å². The van der Waals surface area contributed by atoms with E-state index in [2.05, 4.69) is 6.07 Å². The number of nitriles is 1. The molecule has 0 bridgehead atoms. The van der Waals surface area contributed by atoms with Gasteiger partial charge in [0.25, 0.3) is 0 Å². The first-order chi connectivity index (χ1) is 4.12. The molecular formula is C8H13N. The highest BCUT2D eigenvalue weighted by Gasteiger charge is 2.12. The summed E-state index contributed by atoms with van der Waals surface area (Å²) in [5, 5.41) is 8.54. The summed E-state index contributed by atoms with van der Waals surface area (Å²) in [4.78, 5) is 0. The van der Waals surface area contributed by atoms with E-state index in [1.54, 1.807) is 0 Å². The van der Waals surface area contributed by atoms with Gasteiger partial charge < -0.3 is 0 Å². The SMILES string of the molecule is CC=CCC(C)(C)C#N. The van der Waals surface area contributed by atoms with Crippen LogP contribution in [0.3, 0.4) is 0 Å². The third-order valence-corrected chi connectivity index (χ3v) is 1.17. The van der Waals surface area contributed by atoms with Gasteiger partial charge in [-0.1, -0.05) is 12.2 Å². The van der Waals surface area contributed by atoms with E-state index in [9.17, 15) is 0 Å². The Bertz CT molecular complexity index is 137. The first-order valence-electron chi connectivity index (χ1n) is 3.15. The van der Waals surface area contributed by atoms with Crippen LogP contribution in [0.25, 0.3) is 0 Å². The van der Waals surface area contributed by atoms with Crippen LogP contribution >= 0.6 is 0 Å². The zero-order valence-electron chi connectivity index (χ0n) is 6.31. The van der Waals surface area contributed by atoms with Gasteiger partial charge >= 0.3 is 0 Å². The largest absolute Gasteiger partial charge is 0.198 e. The van der Waals surface area contributed by atoms with Gasteiger partial charge in [0, 0.05) is 0 Å². The predicted octanol–water partition coefficient (Wildman–Crippen LogP) is 2.50. The summed E-state index contributed by atoms with van der Waals surface area (Å²) < 4.78 is 0. The molecule has 50 valence electrons. The van der Waals surface area contributed by atoms with Crippen LogP contribution in [0.5, 0.6) is 0 Å². The third kappa shape index (κ3) is 3.78. The summed E-state index contributed by atoms with van der Waals surface area (Å²) in [5.41, 5.74) is -0.188. The fraction of sp³-hybridized carbons (Fsp3) is 0.625. The summed E-state index contributed by atoms with van der Waals surface area (Å²) in [6, 6.07) is 2.22. The highest BCUT2D eigenvalue weighted by atomic mass is 14.3. The molecule has 0 saturated heterocycles. The van der Waals surface area contributed by atoms with Crippen molar-refractivity contribution in [3.63, 3.8) is 0 Å². The standard InChI is InChI=1S/C8H13N/c1-4-5-6-8(2,3)7-9/h4-5H,6H2,1-3H3. The normalized spacial score (nSPS) is 11.8. The lowest BCUT2D eigenvalue weighted by atomic mass is 9.91. The number of nitrogens with zero attached hydrogens (tertiary/aromatic N) is 1. The summed E-state index contributed by atoms with van der Waals surface area (Å²) >= 11 is 0. The van der Waals surface area contributed by atoms with E-state index in [1.807, 2.05) is 32.9 Å². The minimum absolute atomic E-state index is 0.188. The van der Waals surface area contributed by atoms with Crippen LogP contribution in [0, 0.1) is 16.7 Å². The van der Waals surface area contributed by atoms with Gasteiger partial charge in [-0.2, -0.15) is 5.26 Å². The van der Waals surface area contributed by atoms with E-state index in [1.165, 1.54) is 0 Å². The molecular weight excluding hydrogens is 110 g/mol. The van der Waals surface area contributed by atoms with Crippen molar-refractivity contribution in [3.05, 3.63) is 12.2 Å². The first kappa shape index (κ1) is 8.23. The molecule has 0 radical (unpaired) electrons. The minimum atomic E-state index is -0.188. The topological polar surface area (TPSA) is 23.8 Å². The molecule has 0 fully saturated rings. The quantitative estimate of drug-likeness (QED) is 0.517. The second kappa shape index (κ2) is 3.29. The van der Waals surface area contributed by atoms with Gasteiger partial charge in [-0.25, -0.2) is 0 Å². The van der Waals surface area contributed by atoms with Crippen molar-refractivity contribution in [2.24, 2.45) is 5.41 Å². The number of rotatable bonds is 2. The van der Waals surface area contributed by atoms with E-state index in [0.717, 1.165) is 6.42 Å². The Balaban J connectivity index is 3.76. The average Bonchev–Trinajstić information content (AvgIpc) is 1.84. The monoisotopic (exact) mass is 123 g/mol. The smallest absolute Gasteiger partial charge is 0.0687 e. The van der Waals surface area contributed by atoms with Gasteiger partial charge in [0.1, 0.15) is 0 Å². The van der Waals surface area contributed by atoms with Crippen molar-refractivity contribution >= 4 is 0 Å². The van der Waals surface area contributed by atoms with Crippen LogP contribution in [0.2, 0.25) is 0 Å². The Morgan fingerprint density at radius 3 is 2.44 bits per heavy atom. The van der Waals surface area contributed by atoms with Crippen LogP contribution < -0.4 is 0 Å². The maximum Gasteiger partial charge on any atom is 0.0687 e. The molecule has 1 heteroatoms. The van der Waals surface area contributed by atoms with Crippen molar-refractivity contribution in [1.82, 2.24) is 0 Å². The van der Waals surface area contributed by atoms with Crippen molar-refractivity contribution in [3.8, 4) is 6.07 Å². The zero-order chi connectivity index (χ0) is 7.33. The molecule has 0 aromatic carbocycles. The highest BCUT2D eigenvalue weighted by Crippen LogP contribution is 2.18. The van der Waals surface area contributed by atoms with Gasteiger partial charge in [0.15, 0.2) is 0 Å². The van der Waals surface area contributed by atoms with Gasteiger partial charge in [-0.15, -0.1) is 0 Å². The van der Waals surface area contributed by atoms with E-state index < -0.39 is 0 Å². The minimum Gasteiger partial charge on any atom is -0.198 e.